The maximum Gasteiger partial charge on any atom is 0.236 e. The largest absolute Gasteiger partial charge is 0.443 e. The second-order valence-corrected chi connectivity index (χ2v) is 7.07. The molecule has 0 bridgehead atoms. The number of aromatic nitrogens is 1. The number of likely N-dealkylation sites (tertiary alicyclic amines) is 1. The Kier molecular flexibility index (Phi) is 8.86. The van der Waals surface area contributed by atoms with E-state index in [-0.39, 0.29) is 24.0 Å². The van der Waals surface area contributed by atoms with Gasteiger partial charge in [-0.1, -0.05) is 13.0 Å². The van der Waals surface area contributed by atoms with Gasteiger partial charge in [0.15, 0.2) is 5.96 Å². The third-order valence-electron chi connectivity index (χ3n) is 4.44. The lowest BCUT2D eigenvalue weighted by molar-refractivity contribution is 0.267. The van der Waals surface area contributed by atoms with Crippen molar-refractivity contribution in [2.45, 2.75) is 39.3 Å². The summed E-state index contributed by atoms with van der Waals surface area (Å²) in [7, 11) is 0. The average Bonchev–Trinajstić information content (AvgIpc) is 3.38. The van der Waals surface area contributed by atoms with Crippen LogP contribution in [0.5, 0.6) is 0 Å². The van der Waals surface area contributed by atoms with Crippen molar-refractivity contribution in [1.29, 1.82) is 0 Å². The summed E-state index contributed by atoms with van der Waals surface area (Å²) in [5.74, 6) is 1.51. The summed E-state index contributed by atoms with van der Waals surface area (Å²) >= 11 is 1.62. The Morgan fingerprint density at radius 2 is 2.31 bits per heavy atom. The SMILES string of the molecule is CCNC(=NCc1coc(-c2cccs2)n1)NCC1CCCN1CC.I. The number of nitrogens with zero attached hydrogens (tertiary/aromatic N) is 3. The zero-order valence-electron chi connectivity index (χ0n) is 15.4. The predicted molar refractivity (Wildman–Crippen MR) is 118 cm³/mol. The molecule has 0 radical (unpaired) electrons. The van der Waals surface area contributed by atoms with Crippen LogP contribution >= 0.6 is 35.3 Å². The first-order valence-electron chi connectivity index (χ1n) is 9.04. The summed E-state index contributed by atoms with van der Waals surface area (Å²) < 4.78 is 5.55. The quantitative estimate of drug-likeness (QED) is 0.354. The summed E-state index contributed by atoms with van der Waals surface area (Å²) in [5, 5.41) is 8.80. The van der Waals surface area contributed by atoms with E-state index in [4.69, 9.17) is 4.42 Å². The highest BCUT2D eigenvalue weighted by Gasteiger charge is 2.22. The number of hydrogen-bond donors (Lipinski definition) is 2. The van der Waals surface area contributed by atoms with E-state index in [2.05, 4.69) is 39.4 Å². The van der Waals surface area contributed by atoms with Gasteiger partial charge in [-0.2, -0.15) is 0 Å². The molecule has 26 heavy (non-hydrogen) atoms. The number of aliphatic imine (C=N–C) groups is 1. The molecule has 1 fully saturated rings. The highest BCUT2D eigenvalue weighted by atomic mass is 127. The van der Waals surface area contributed by atoms with Gasteiger partial charge in [-0.15, -0.1) is 35.3 Å². The summed E-state index contributed by atoms with van der Waals surface area (Å²) in [6.45, 7) is 8.91. The molecule has 0 amide bonds. The molecule has 0 spiro atoms. The standard InChI is InChI=1S/C18H27N5OS.HI/c1-3-19-18(21-12-15-7-5-9-23(15)4-2)20-11-14-13-24-17(22-14)16-8-6-10-25-16;/h6,8,10,13,15H,3-5,7,9,11-12H2,1-2H3,(H2,19,20,21);1H. The monoisotopic (exact) mass is 489 g/mol. The van der Waals surface area contributed by atoms with E-state index in [1.807, 2.05) is 17.5 Å². The third kappa shape index (κ3) is 5.68. The van der Waals surface area contributed by atoms with Crippen LogP contribution in [-0.4, -0.2) is 48.1 Å². The van der Waals surface area contributed by atoms with Crippen LogP contribution in [0.4, 0.5) is 0 Å². The predicted octanol–water partition coefficient (Wildman–Crippen LogP) is 3.56. The zero-order valence-corrected chi connectivity index (χ0v) is 18.5. The first-order valence-corrected chi connectivity index (χ1v) is 9.92. The van der Waals surface area contributed by atoms with Crippen LogP contribution in [0.2, 0.25) is 0 Å². The van der Waals surface area contributed by atoms with Gasteiger partial charge in [0.05, 0.1) is 11.4 Å². The van der Waals surface area contributed by atoms with Crippen LogP contribution in [0.1, 0.15) is 32.4 Å². The fourth-order valence-corrected chi connectivity index (χ4v) is 3.81. The van der Waals surface area contributed by atoms with Crippen LogP contribution in [0.3, 0.4) is 0 Å². The number of nitrogens with one attached hydrogen (secondary N) is 2. The molecule has 0 saturated carbocycles. The van der Waals surface area contributed by atoms with Crippen LogP contribution in [0.25, 0.3) is 10.8 Å². The van der Waals surface area contributed by atoms with E-state index in [1.165, 1.54) is 19.4 Å². The lowest BCUT2D eigenvalue weighted by atomic mass is 10.2. The molecular weight excluding hydrogens is 461 g/mol. The molecule has 8 heteroatoms. The third-order valence-corrected chi connectivity index (χ3v) is 5.30. The van der Waals surface area contributed by atoms with Crippen molar-refractivity contribution >= 4 is 41.3 Å². The smallest absolute Gasteiger partial charge is 0.236 e. The fraction of sp³-hybridized carbons (Fsp3) is 0.556. The van der Waals surface area contributed by atoms with Gasteiger partial charge in [0.1, 0.15) is 12.0 Å². The number of likely N-dealkylation sites (N-methyl/N-ethyl adjacent to an activating group) is 1. The van der Waals surface area contributed by atoms with Crippen molar-refractivity contribution in [3.05, 3.63) is 29.5 Å². The Balaban J connectivity index is 0.00000243. The molecule has 1 atom stereocenters. The molecule has 6 nitrogen and oxygen atoms in total. The summed E-state index contributed by atoms with van der Waals surface area (Å²) in [6, 6.07) is 4.61. The Bertz CT molecular complexity index is 673. The summed E-state index contributed by atoms with van der Waals surface area (Å²) in [6.07, 6.45) is 4.24. The van der Waals surface area contributed by atoms with E-state index < -0.39 is 0 Å². The Morgan fingerprint density at radius 1 is 1.42 bits per heavy atom. The van der Waals surface area contributed by atoms with Crippen LogP contribution in [-0.2, 0) is 6.54 Å². The molecule has 1 saturated heterocycles. The Hall–Kier alpha value is -1.13. The molecule has 144 valence electrons. The molecule has 2 aromatic rings. The second kappa shape index (κ2) is 10.9. The Labute approximate surface area is 176 Å². The van der Waals surface area contributed by atoms with Gasteiger partial charge in [-0.3, -0.25) is 4.90 Å². The molecule has 2 N–H and O–H groups in total. The van der Waals surface area contributed by atoms with Crippen molar-refractivity contribution < 1.29 is 4.42 Å². The molecule has 0 aliphatic carbocycles. The molecule has 0 aromatic carbocycles. The topological polar surface area (TPSA) is 65.7 Å². The van der Waals surface area contributed by atoms with Gasteiger partial charge in [-0.25, -0.2) is 9.98 Å². The second-order valence-electron chi connectivity index (χ2n) is 6.12. The van der Waals surface area contributed by atoms with Crippen molar-refractivity contribution in [3.63, 3.8) is 0 Å². The number of rotatable bonds is 7. The number of guanidine groups is 1. The van der Waals surface area contributed by atoms with Crippen molar-refractivity contribution in [2.75, 3.05) is 26.2 Å². The van der Waals surface area contributed by atoms with E-state index in [0.29, 0.717) is 18.5 Å². The average molecular weight is 489 g/mol. The Morgan fingerprint density at radius 3 is 3.04 bits per heavy atom. The van der Waals surface area contributed by atoms with Crippen LogP contribution < -0.4 is 10.6 Å². The first-order chi connectivity index (χ1) is 12.3. The minimum atomic E-state index is 0. The summed E-state index contributed by atoms with van der Waals surface area (Å²) in [4.78, 5) is 12.7. The summed E-state index contributed by atoms with van der Waals surface area (Å²) in [5.41, 5.74) is 0.844. The van der Waals surface area contributed by atoms with E-state index in [9.17, 15) is 0 Å². The van der Waals surface area contributed by atoms with E-state index in [0.717, 1.165) is 36.2 Å². The molecule has 3 rings (SSSR count). The number of hydrogen-bond acceptors (Lipinski definition) is 5. The number of thiophene rings is 1. The van der Waals surface area contributed by atoms with Gasteiger partial charge in [-0.05, 0) is 44.3 Å². The maximum absolute atomic E-state index is 5.55. The van der Waals surface area contributed by atoms with Gasteiger partial charge < -0.3 is 15.1 Å². The minimum Gasteiger partial charge on any atom is -0.443 e. The van der Waals surface area contributed by atoms with Gasteiger partial charge in [0.25, 0.3) is 0 Å². The number of halogens is 1. The van der Waals surface area contributed by atoms with E-state index in [1.54, 1.807) is 17.6 Å². The normalized spacial score (nSPS) is 17.9. The maximum atomic E-state index is 5.55. The van der Waals surface area contributed by atoms with E-state index >= 15 is 0 Å². The molecule has 1 unspecified atom stereocenters. The van der Waals surface area contributed by atoms with Gasteiger partial charge in [0, 0.05) is 19.1 Å². The highest BCUT2D eigenvalue weighted by Crippen LogP contribution is 2.23. The van der Waals surface area contributed by atoms with Gasteiger partial charge >= 0.3 is 0 Å². The highest BCUT2D eigenvalue weighted by molar-refractivity contribution is 14.0. The van der Waals surface area contributed by atoms with Crippen molar-refractivity contribution in [2.24, 2.45) is 4.99 Å². The zero-order chi connectivity index (χ0) is 17.5. The van der Waals surface area contributed by atoms with Crippen LogP contribution in [0.15, 0.2) is 33.2 Å². The fourth-order valence-electron chi connectivity index (χ4n) is 3.15. The molecular formula is C18H28IN5OS. The minimum absolute atomic E-state index is 0. The molecule has 3 heterocycles. The number of oxazole rings is 1. The first kappa shape index (κ1) is 21.2. The van der Waals surface area contributed by atoms with Gasteiger partial charge in [0.2, 0.25) is 5.89 Å². The van der Waals surface area contributed by atoms with Crippen molar-refractivity contribution in [1.82, 2.24) is 20.5 Å². The lowest BCUT2D eigenvalue weighted by Crippen LogP contribution is -2.44. The molecule has 1 aliphatic rings. The lowest BCUT2D eigenvalue weighted by Gasteiger charge is -2.23. The molecule has 1 aliphatic heterocycles. The molecule has 2 aromatic heterocycles. The van der Waals surface area contributed by atoms with Crippen LogP contribution in [0, 0.1) is 0 Å². The van der Waals surface area contributed by atoms with Crippen molar-refractivity contribution in [3.8, 4) is 10.8 Å².